The van der Waals surface area contributed by atoms with Crippen LogP contribution in [0, 0.1) is 0 Å². The van der Waals surface area contributed by atoms with E-state index in [1.54, 1.807) is 32.9 Å². The van der Waals surface area contributed by atoms with Crippen LogP contribution >= 0.6 is 0 Å². The molecule has 1 aliphatic rings. The van der Waals surface area contributed by atoms with E-state index < -0.39 is 37.7 Å². The number of hydrogen-bond acceptors (Lipinski definition) is 3. The molecule has 1 rings (SSSR count). The first-order valence-electron chi connectivity index (χ1n) is 9.05. The molecule has 0 aliphatic heterocycles. The number of halogens is 6. The zero-order valence-electron chi connectivity index (χ0n) is 16.7. The molecule has 0 saturated heterocycles. The van der Waals surface area contributed by atoms with Gasteiger partial charge in [-0.05, 0) is 0 Å². The number of nitrogens with zero attached hydrogens (tertiary/aromatic N) is 3. The van der Waals surface area contributed by atoms with Crippen LogP contribution in [-0.2, 0) is 17.1 Å². The summed E-state index contributed by atoms with van der Waals surface area (Å²) in [7, 11) is -1.68. The van der Waals surface area contributed by atoms with E-state index in [4.69, 9.17) is 0 Å². The van der Waals surface area contributed by atoms with Gasteiger partial charge in [0.1, 0.15) is 0 Å². The molecular weight excluding hydrogens is 512 g/mol. The first-order chi connectivity index (χ1) is 12.3. The van der Waals surface area contributed by atoms with Crippen molar-refractivity contribution in [3.8, 4) is 0 Å². The summed E-state index contributed by atoms with van der Waals surface area (Å²) >= 11 is -6.19. The minimum atomic E-state index is -6.19. The number of hydrogen-bond donors (Lipinski definition) is 0. The molecular formula is C16H30F6GeN3Zr. The molecule has 0 fully saturated rings. The molecule has 0 aromatic heterocycles. The molecule has 0 aromatic rings. The molecule has 0 bridgehead atoms. The van der Waals surface area contributed by atoms with Crippen molar-refractivity contribution >= 4 is 10.6 Å². The summed E-state index contributed by atoms with van der Waals surface area (Å²) in [4.78, 5) is 0. The van der Waals surface area contributed by atoms with Gasteiger partial charge in [-0.25, -0.2) is 0 Å². The SMILES string of the molecule is CC[N](C)[Zr]([C]1=CC=CC1)([N](C)CC)([N](C)CC)[GeH]([C](F)(F)F)[C](F)(F)F. The van der Waals surface area contributed by atoms with Crippen molar-refractivity contribution in [3.63, 3.8) is 0 Å². The van der Waals surface area contributed by atoms with Crippen LogP contribution in [-0.4, -0.2) is 69.9 Å². The van der Waals surface area contributed by atoms with E-state index in [0.29, 0.717) is 3.28 Å². The van der Waals surface area contributed by atoms with Crippen LogP contribution in [0.5, 0.6) is 0 Å². The predicted octanol–water partition coefficient (Wildman–Crippen LogP) is 4.05. The minimum absolute atomic E-state index is 0.130. The Morgan fingerprint density at radius 3 is 1.44 bits per heavy atom. The summed E-state index contributed by atoms with van der Waals surface area (Å²) < 4.78 is 91.1. The second-order valence-corrected chi connectivity index (χ2v) is 45.1. The fraction of sp³-hybridized carbons (Fsp3) is 0.750. The van der Waals surface area contributed by atoms with Gasteiger partial charge in [0.05, 0.1) is 0 Å². The Balaban J connectivity index is 4.26. The molecule has 0 N–H and O–H groups in total. The Morgan fingerprint density at radius 1 is 0.852 bits per heavy atom. The van der Waals surface area contributed by atoms with Gasteiger partial charge in [0.15, 0.2) is 0 Å². The van der Waals surface area contributed by atoms with Crippen molar-refractivity contribution in [1.82, 2.24) is 8.53 Å². The first-order valence-corrected chi connectivity index (χ1v) is 24.6. The van der Waals surface area contributed by atoms with E-state index in [0.717, 1.165) is 0 Å². The van der Waals surface area contributed by atoms with Gasteiger partial charge in [0.25, 0.3) is 0 Å². The summed E-state index contributed by atoms with van der Waals surface area (Å²) in [5.41, 5.74) is 0. The van der Waals surface area contributed by atoms with Crippen LogP contribution in [0.25, 0.3) is 0 Å². The first kappa shape index (κ1) is 25.4. The fourth-order valence-corrected chi connectivity index (χ4v) is 73.1. The average Bonchev–Trinajstić information content (AvgIpc) is 3.10. The van der Waals surface area contributed by atoms with Crippen molar-refractivity contribution in [1.29, 1.82) is 0 Å². The van der Waals surface area contributed by atoms with Gasteiger partial charge >= 0.3 is 162 Å². The summed E-state index contributed by atoms with van der Waals surface area (Å²) in [6.07, 6.45) is 4.96. The second kappa shape index (κ2) is 8.62. The molecule has 0 heterocycles. The quantitative estimate of drug-likeness (QED) is 0.339. The third-order valence-corrected chi connectivity index (χ3v) is 71.6. The van der Waals surface area contributed by atoms with Crippen molar-refractivity contribution < 1.29 is 43.5 Å². The third-order valence-electron chi connectivity index (χ3n) is 6.25. The molecule has 1 aliphatic carbocycles. The normalized spacial score (nSPS) is 17.9. The van der Waals surface area contributed by atoms with Crippen LogP contribution in [0.4, 0.5) is 26.3 Å². The van der Waals surface area contributed by atoms with Gasteiger partial charge in [-0.1, -0.05) is 0 Å². The van der Waals surface area contributed by atoms with Gasteiger partial charge in [-0.3, -0.25) is 0 Å². The van der Waals surface area contributed by atoms with E-state index in [1.165, 1.54) is 35.8 Å². The van der Waals surface area contributed by atoms with E-state index in [-0.39, 0.29) is 26.1 Å². The third kappa shape index (κ3) is 3.66. The molecule has 0 radical (unpaired) electrons. The van der Waals surface area contributed by atoms with Gasteiger partial charge in [-0.2, -0.15) is 0 Å². The van der Waals surface area contributed by atoms with Crippen LogP contribution in [0.2, 0.25) is 0 Å². The maximum absolute atomic E-state index is 14.4. The van der Waals surface area contributed by atoms with Crippen molar-refractivity contribution in [2.45, 2.75) is 37.2 Å². The van der Waals surface area contributed by atoms with E-state index in [9.17, 15) is 26.3 Å². The van der Waals surface area contributed by atoms with Crippen molar-refractivity contribution in [3.05, 3.63) is 21.5 Å². The predicted molar refractivity (Wildman–Crippen MR) is 96.0 cm³/mol. The van der Waals surface area contributed by atoms with Gasteiger partial charge in [0.2, 0.25) is 0 Å². The van der Waals surface area contributed by atoms with Gasteiger partial charge in [-0.15, -0.1) is 0 Å². The molecule has 0 spiro atoms. The standard InChI is InChI=1S/C5H5.3C3H8N.C2HF6Ge.Zr/c1-2-4-5-3-1;3*1-3-4-2;3-1(4,5)9-2(6,7)8;/h1-3H,4H2;3*3H2,1-2H3;9H;/q;3*-1;;+3. The van der Waals surface area contributed by atoms with Crippen LogP contribution in [0.15, 0.2) is 21.5 Å². The second-order valence-electron chi connectivity index (χ2n) is 7.05. The molecule has 0 atom stereocenters. The molecule has 27 heavy (non-hydrogen) atoms. The monoisotopic (exact) mass is 542 g/mol. The molecule has 11 heteroatoms. The molecule has 0 aromatic carbocycles. The number of allylic oxidation sites excluding steroid dienone is 4. The summed E-state index contributed by atoms with van der Waals surface area (Å²) in [6, 6.07) is 0. The zero-order chi connectivity index (χ0) is 21.3. The summed E-state index contributed by atoms with van der Waals surface area (Å²) in [6.45, 7) is 5.33. The Labute approximate surface area is 161 Å². The van der Waals surface area contributed by atoms with E-state index >= 15 is 0 Å². The Kier molecular flexibility index (Phi) is 8.11. The van der Waals surface area contributed by atoms with Gasteiger partial charge in [0, 0.05) is 0 Å². The van der Waals surface area contributed by atoms with Crippen molar-refractivity contribution in [2.24, 2.45) is 0 Å². The van der Waals surface area contributed by atoms with Crippen LogP contribution in [0.1, 0.15) is 27.2 Å². The maximum atomic E-state index is 14.4. The Hall–Kier alpha value is 0.366. The van der Waals surface area contributed by atoms with Gasteiger partial charge < -0.3 is 0 Å². The fourth-order valence-electron chi connectivity index (χ4n) is 4.98. The van der Waals surface area contributed by atoms with E-state index in [2.05, 4.69) is 0 Å². The molecule has 159 valence electrons. The topological polar surface area (TPSA) is 9.72 Å². The molecule has 0 amide bonds. The number of alkyl halides is 6. The average molecular weight is 542 g/mol. The molecule has 3 nitrogen and oxygen atoms in total. The van der Waals surface area contributed by atoms with Crippen molar-refractivity contribution in [2.75, 3.05) is 40.8 Å². The Bertz CT molecular complexity index is 546. The summed E-state index contributed by atoms with van der Waals surface area (Å²) in [5, 5.41) is -10.5. The Morgan fingerprint density at radius 2 is 1.22 bits per heavy atom. The van der Waals surface area contributed by atoms with E-state index in [1.807, 2.05) is 0 Å². The number of rotatable bonds is 8. The molecule has 0 saturated carbocycles. The zero-order valence-corrected chi connectivity index (χ0v) is 21.6. The van der Waals surface area contributed by atoms with Crippen LogP contribution in [0.3, 0.4) is 0 Å². The van der Waals surface area contributed by atoms with Crippen LogP contribution < -0.4 is 0 Å². The summed E-state index contributed by atoms with van der Waals surface area (Å²) in [5.74, 6) is 0. The molecule has 0 unspecified atom stereocenters.